The van der Waals surface area contributed by atoms with E-state index in [1.807, 2.05) is 60.4 Å². The van der Waals surface area contributed by atoms with E-state index in [2.05, 4.69) is 58.0 Å². The smallest absolute Gasteiger partial charge is 0.270 e. The Labute approximate surface area is 213 Å². The fourth-order valence-electron chi connectivity index (χ4n) is 4.82. The highest BCUT2D eigenvalue weighted by Gasteiger charge is 2.26. The second-order valence-electron chi connectivity index (χ2n) is 9.23. The molecule has 1 aliphatic rings. The molecule has 0 unspecified atom stereocenters. The van der Waals surface area contributed by atoms with Crippen molar-refractivity contribution in [2.75, 3.05) is 26.2 Å². The molecule has 1 aliphatic heterocycles. The Bertz CT molecular complexity index is 1320. The first-order chi connectivity index (χ1) is 17.7. The summed E-state index contributed by atoms with van der Waals surface area (Å²) in [6.07, 6.45) is 4.11. The van der Waals surface area contributed by atoms with Gasteiger partial charge in [-0.15, -0.1) is 0 Å². The minimum absolute atomic E-state index is 0.0871. The van der Waals surface area contributed by atoms with E-state index in [-0.39, 0.29) is 5.91 Å². The highest BCUT2D eigenvalue weighted by atomic mass is 16.5. The van der Waals surface area contributed by atoms with Crippen LogP contribution in [0.1, 0.15) is 28.5 Å². The van der Waals surface area contributed by atoms with Gasteiger partial charge in [-0.2, -0.15) is 0 Å². The van der Waals surface area contributed by atoms with Gasteiger partial charge in [0.1, 0.15) is 18.1 Å². The average molecular weight is 480 g/mol. The van der Waals surface area contributed by atoms with Crippen LogP contribution >= 0.6 is 0 Å². The molecule has 5 rings (SSSR count). The number of allylic oxidation sites excluding steroid dienone is 2. The number of fused-ring (bicyclic) bond motifs is 1. The third-order valence-corrected chi connectivity index (χ3v) is 6.79. The topological polar surface area (TPSA) is 37.7 Å². The Morgan fingerprint density at radius 1 is 0.861 bits per heavy atom. The van der Waals surface area contributed by atoms with Crippen molar-refractivity contribution in [1.82, 2.24) is 14.4 Å². The minimum Gasteiger partial charge on any atom is -0.488 e. The summed E-state index contributed by atoms with van der Waals surface area (Å²) in [5.41, 5.74) is 4.17. The van der Waals surface area contributed by atoms with Gasteiger partial charge in [0.25, 0.3) is 5.91 Å². The van der Waals surface area contributed by atoms with Crippen molar-refractivity contribution in [2.45, 2.75) is 26.6 Å². The Hall–Kier alpha value is -3.83. The molecule has 0 spiro atoms. The van der Waals surface area contributed by atoms with Crippen molar-refractivity contribution in [3.8, 4) is 5.75 Å². The lowest BCUT2D eigenvalue weighted by Gasteiger charge is -2.34. The van der Waals surface area contributed by atoms with Crippen LogP contribution in [0.15, 0.2) is 97.1 Å². The molecule has 2 heterocycles. The van der Waals surface area contributed by atoms with Crippen LogP contribution in [0.4, 0.5) is 0 Å². The lowest BCUT2D eigenvalue weighted by atomic mass is 10.2. The zero-order valence-corrected chi connectivity index (χ0v) is 20.8. The number of benzene rings is 3. The summed E-state index contributed by atoms with van der Waals surface area (Å²) < 4.78 is 8.33. The van der Waals surface area contributed by atoms with Gasteiger partial charge in [-0.25, -0.2) is 0 Å². The first kappa shape index (κ1) is 23.9. The fourth-order valence-corrected chi connectivity index (χ4v) is 4.82. The summed E-state index contributed by atoms with van der Waals surface area (Å²) in [6, 6.07) is 28.8. The van der Waals surface area contributed by atoms with Gasteiger partial charge in [0.15, 0.2) is 0 Å². The highest BCUT2D eigenvalue weighted by Crippen LogP contribution is 2.30. The van der Waals surface area contributed by atoms with Crippen LogP contribution in [-0.2, 0) is 19.7 Å². The quantitative estimate of drug-likeness (QED) is 0.302. The largest absolute Gasteiger partial charge is 0.488 e. The van der Waals surface area contributed by atoms with Crippen LogP contribution in [0.2, 0.25) is 0 Å². The Morgan fingerprint density at radius 3 is 2.25 bits per heavy atom. The van der Waals surface area contributed by atoms with Gasteiger partial charge in [0.05, 0.1) is 5.52 Å². The third kappa shape index (κ3) is 5.37. The average Bonchev–Trinajstić information content (AvgIpc) is 3.31. The number of carbonyl (C=O) groups excluding carboxylic acids is 1. The lowest BCUT2D eigenvalue weighted by molar-refractivity contribution is 0.0619. The van der Waals surface area contributed by atoms with Crippen LogP contribution in [0.3, 0.4) is 0 Å². The van der Waals surface area contributed by atoms with Crippen LogP contribution in [0, 0.1) is 0 Å². The van der Waals surface area contributed by atoms with Crippen LogP contribution in [0.5, 0.6) is 5.75 Å². The number of nitrogens with zero attached hydrogens (tertiary/aromatic N) is 3. The predicted molar refractivity (Wildman–Crippen MR) is 145 cm³/mol. The Balaban J connectivity index is 1.35. The molecule has 0 bridgehead atoms. The number of hydrogen-bond donors (Lipinski definition) is 0. The van der Waals surface area contributed by atoms with E-state index in [1.165, 1.54) is 5.56 Å². The van der Waals surface area contributed by atoms with Crippen LogP contribution in [-0.4, -0.2) is 46.5 Å². The van der Waals surface area contributed by atoms with E-state index in [4.69, 9.17) is 4.74 Å². The van der Waals surface area contributed by atoms with Crippen molar-refractivity contribution in [2.24, 2.45) is 0 Å². The normalized spacial score (nSPS) is 14.5. The van der Waals surface area contributed by atoms with Crippen molar-refractivity contribution < 1.29 is 9.53 Å². The molecule has 1 saturated heterocycles. The lowest BCUT2D eigenvalue weighted by Crippen LogP contribution is -2.48. The molecule has 1 aromatic heterocycles. The summed E-state index contributed by atoms with van der Waals surface area (Å²) in [5.74, 6) is 0.890. The van der Waals surface area contributed by atoms with Crippen molar-refractivity contribution in [3.05, 3.63) is 114 Å². The maximum Gasteiger partial charge on any atom is 0.270 e. The molecule has 1 amide bonds. The summed E-state index contributed by atoms with van der Waals surface area (Å²) in [4.78, 5) is 18.1. The maximum absolute atomic E-state index is 13.7. The zero-order valence-electron chi connectivity index (χ0n) is 20.8. The first-order valence-electron chi connectivity index (χ1n) is 12.7. The van der Waals surface area contributed by atoms with Crippen LogP contribution in [0.25, 0.3) is 10.9 Å². The van der Waals surface area contributed by atoms with E-state index < -0.39 is 0 Å². The molecule has 0 N–H and O–H groups in total. The molecule has 3 aromatic carbocycles. The van der Waals surface area contributed by atoms with Crippen molar-refractivity contribution >= 4 is 16.8 Å². The van der Waals surface area contributed by atoms with Crippen molar-refractivity contribution in [1.29, 1.82) is 0 Å². The van der Waals surface area contributed by atoms with Gasteiger partial charge in [0.2, 0.25) is 0 Å². The van der Waals surface area contributed by atoms with E-state index in [0.717, 1.165) is 60.6 Å². The molecule has 5 heteroatoms. The van der Waals surface area contributed by atoms with Gasteiger partial charge >= 0.3 is 0 Å². The van der Waals surface area contributed by atoms with E-state index in [1.54, 1.807) is 0 Å². The van der Waals surface area contributed by atoms with Gasteiger partial charge in [-0.3, -0.25) is 9.69 Å². The van der Waals surface area contributed by atoms with E-state index in [0.29, 0.717) is 13.2 Å². The van der Waals surface area contributed by atoms with Gasteiger partial charge < -0.3 is 14.2 Å². The maximum atomic E-state index is 13.7. The van der Waals surface area contributed by atoms with Gasteiger partial charge in [-0.1, -0.05) is 78.9 Å². The molecule has 0 saturated carbocycles. The highest BCUT2D eigenvalue weighted by molar-refractivity contribution is 6.00. The molecular formula is C31H33N3O2. The zero-order chi connectivity index (χ0) is 24.7. The standard InChI is InChI=1S/C31H33N3O2/c1-2-3-17-34-28-15-10-16-30(36-24-26-13-8-5-9-14-26)27(28)22-29(34)31(35)33-20-18-32(19-21-33)23-25-11-6-4-7-12-25/h2-16,22H,17-21,23-24H2,1H3/b3-2-. The Morgan fingerprint density at radius 2 is 1.56 bits per heavy atom. The number of carbonyl (C=O) groups is 1. The number of hydrogen-bond acceptors (Lipinski definition) is 3. The van der Waals surface area contributed by atoms with Gasteiger partial charge in [-0.05, 0) is 36.2 Å². The molecule has 5 nitrogen and oxygen atoms in total. The predicted octanol–water partition coefficient (Wildman–Crippen LogP) is 5.75. The molecule has 0 atom stereocenters. The molecular weight excluding hydrogens is 446 g/mol. The second-order valence-corrected chi connectivity index (χ2v) is 9.23. The minimum atomic E-state index is 0.0871. The number of piperazine rings is 1. The summed E-state index contributed by atoms with van der Waals surface area (Å²) >= 11 is 0. The van der Waals surface area contributed by atoms with E-state index in [9.17, 15) is 4.79 Å². The van der Waals surface area contributed by atoms with Crippen molar-refractivity contribution in [3.63, 3.8) is 0 Å². The number of aromatic nitrogens is 1. The summed E-state index contributed by atoms with van der Waals surface area (Å²) in [7, 11) is 0. The monoisotopic (exact) mass is 479 g/mol. The summed E-state index contributed by atoms with van der Waals surface area (Å²) in [6.45, 7) is 7.29. The molecule has 0 aliphatic carbocycles. The number of rotatable bonds is 8. The first-order valence-corrected chi connectivity index (χ1v) is 12.7. The molecule has 36 heavy (non-hydrogen) atoms. The summed E-state index contributed by atoms with van der Waals surface area (Å²) in [5, 5.41) is 0.976. The van der Waals surface area contributed by atoms with E-state index >= 15 is 0 Å². The molecule has 4 aromatic rings. The van der Waals surface area contributed by atoms with Crippen LogP contribution < -0.4 is 4.74 Å². The third-order valence-electron chi connectivity index (χ3n) is 6.79. The molecule has 184 valence electrons. The number of ether oxygens (including phenoxy) is 1. The second kappa shape index (κ2) is 11.3. The number of amides is 1. The molecule has 1 fully saturated rings. The van der Waals surface area contributed by atoms with Gasteiger partial charge in [0, 0.05) is 44.7 Å². The SMILES string of the molecule is C/C=C\Cn1c(C(=O)N2CCN(Cc3ccccc3)CC2)cc2c(OCc3ccccc3)cccc21. The fraction of sp³-hybridized carbons (Fsp3) is 0.258. The Kier molecular flexibility index (Phi) is 7.48. The molecule has 0 radical (unpaired) electrons.